The van der Waals surface area contributed by atoms with Crippen molar-refractivity contribution in [3.05, 3.63) is 0 Å². The summed E-state index contributed by atoms with van der Waals surface area (Å²) in [6.07, 6.45) is 5.04. The van der Waals surface area contributed by atoms with Crippen LogP contribution in [-0.4, -0.2) is 29.1 Å². The monoisotopic (exact) mass is 177 g/mol. The molecule has 1 aliphatic rings. The molecule has 0 aliphatic heterocycles. The smallest absolute Gasteiger partial charge is 0.0167 e. The van der Waals surface area contributed by atoms with Crippen LogP contribution in [0.25, 0.3) is 0 Å². The molecule has 1 fully saturated rings. The van der Waals surface area contributed by atoms with Gasteiger partial charge in [-0.3, -0.25) is 0 Å². The van der Waals surface area contributed by atoms with Gasteiger partial charge in [0.05, 0.1) is 0 Å². The molecule has 0 bridgehead atoms. The van der Waals surface area contributed by atoms with Gasteiger partial charge in [0.15, 0.2) is 0 Å². The van der Waals surface area contributed by atoms with E-state index >= 15 is 0 Å². The number of hydrogen-bond donors (Lipinski definition) is 1. The molecule has 0 heterocycles. The summed E-state index contributed by atoms with van der Waals surface area (Å²) in [6.45, 7) is 0.836. The van der Waals surface area contributed by atoms with Crippen LogP contribution in [0.5, 0.6) is 0 Å². The van der Waals surface area contributed by atoms with E-state index < -0.39 is 0 Å². The normalized spacial score (nSPS) is 31.8. The number of nitrogens with two attached hydrogens (primary N) is 1. The van der Waals surface area contributed by atoms with Crippen molar-refractivity contribution in [1.29, 1.82) is 0 Å². The zero-order chi connectivity index (χ0) is 7.40. The van der Waals surface area contributed by atoms with E-state index in [0.29, 0.717) is 0 Å². The minimum absolute atomic E-state index is 0.836. The van der Waals surface area contributed by atoms with E-state index in [1.165, 1.54) is 12.8 Å². The Balaban J connectivity index is 2.05. The SMILES string of the molecule is CSC1CCC1SCCN. The van der Waals surface area contributed by atoms with Crippen molar-refractivity contribution in [2.24, 2.45) is 5.73 Å². The van der Waals surface area contributed by atoms with Crippen molar-refractivity contribution >= 4 is 23.5 Å². The highest BCUT2D eigenvalue weighted by molar-refractivity contribution is 8.03. The summed E-state index contributed by atoms with van der Waals surface area (Å²) >= 11 is 4.06. The number of thioether (sulfide) groups is 2. The first-order valence-electron chi connectivity index (χ1n) is 3.73. The van der Waals surface area contributed by atoms with Crippen molar-refractivity contribution in [2.45, 2.75) is 23.3 Å². The second kappa shape index (κ2) is 4.52. The Bertz CT molecular complexity index is 95.6. The molecular formula is C7H15NS2. The highest BCUT2D eigenvalue weighted by Crippen LogP contribution is 2.38. The average Bonchev–Trinajstić information content (AvgIpc) is 1.88. The number of hydrogen-bond acceptors (Lipinski definition) is 3. The summed E-state index contributed by atoms with van der Waals surface area (Å²) in [5, 5.41) is 1.84. The van der Waals surface area contributed by atoms with E-state index in [1.54, 1.807) is 0 Å². The van der Waals surface area contributed by atoms with E-state index in [1.807, 2.05) is 11.8 Å². The van der Waals surface area contributed by atoms with Crippen LogP contribution in [0.4, 0.5) is 0 Å². The van der Waals surface area contributed by atoms with Gasteiger partial charge in [-0.05, 0) is 19.1 Å². The van der Waals surface area contributed by atoms with Crippen LogP contribution in [0.2, 0.25) is 0 Å². The lowest BCUT2D eigenvalue weighted by Crippen LogP contribution is -2.31. The fourth-order valence-corrected chi connectivity index (χ4v) is 3.59. The Hall–Kier alpha value is 0.660. The van der Waals surface area contributed by atoms with E-state index in [9.17, 15) is 0 Å². The second-order valence-electron chi connectivity index (χ2n) is 2.55. The standard InChI is InChI=1S/C7H15NS2/c1-9-6-2-3-7(6)10-5-4-8/h6-7H,2-5,8H2,1H3. The molecule has 0 amide bonds. The van der Waals surface area contributed by atoms with Gasteiger partial charge in [0.1, 0.15) is 0 Å². The van der Waals surface area contributed by atoms with Gasteiger partial charge in [0.25, 0.3) is 0 Å². The van der Waals surface area contributed by atoms with E-state index in [0.717, 1.165) is 22.8 Å². The van der Waals surface area contributed by atoms with Crippen LogP contribution in [-0.2, 0) is 0 Å². The highest BCUT2D eigenvalue weighted by atomic mass is 32.2. The third-order valence-corrected chi connectivity index (χ3v) is 4.71. The average molecular weight is 177 g/mol. The minimum atomic E-state index is 0.836. The number of rotatable bonds is 4. The zero-order valence-corrected chi connectivity index (χ0v) is 8.01. The van der Waals surface area contributed by atoms with Crippen LogP contribution in [0, 0.1) is 0 Å². The molecule has 2 N–H and O–H groups in total. The lowest BCUT2D eigenvalue weighted by molar-refractivity contribution is 0.541. The molecule has 1 saturated carbocycles. The Morgan fingerprint density at radius 3 is 2.50 bits per heavy atom. The molecule has 10 heavy (non-hydrogen) atoms. The maximum absolute atomic E-state index is 5.41. The van der Waals surface area contributed by atoms with Crippen molar-refractivity contribution in [3.63, 3.8) is 0 Å². The van der Waals surface area contributed by atoms with Crippen LogP contribution in [0.1, 0.15) is 12.8 Å². The quantitative estimate of drug-likeness (QED) is 0.706. The van der Waals surface area contributed by atoms with Crippen molar-refractivity contribution < 1.29 is 0 Å². The van der Waals surface area contributed by atoms with E-state index in [4.69, 9.17) is 5.73 Å². The molecule has 0 aromatic carbocycles. The summed E-state index contributed by atoms with van der Waals surface area (Å²) in [6, 6.07) is 0. The molecule has 0 aromatic rings. The first-order chi connectivity index (χ1) is 4.88. The summed E-state index contributed by atoms with van der Waals surface area (Å²) in [4.78, 5) is 0. The summed E-state index contributed by atoms with van der Waals surface area (Å²) < 4.78 is 0. The Labute approximate surface area is 71.5 Å². The Kier molecular flexibility index (Phi) is 3.96. The van der Waals surface area contributed by atoms with Gasteiger partial charge in [-0.15, -0.1) is 0 Å². The molecule has 60 valence electrons. The molecule has 1 rings (SSSR count). The molecule has 3 heteroatoms. The fraction of sp³-hybridized carbons (Fsp3) is 1.00. The largest absolute Gasteiger partial charge is 0.330 e. The second-order valence-corrected chi connectivity index (χ2v) is 4.97. The van der Waals surface area contributed by atoms with Crippen molar-refractivity contribution in [1.82, 2.24) is 0 Å². The van der Waals surface area contributed by atoms with Crippen LogP contribution in [0.3, 0.4) is 0 Å². The van der Waals surface area contributed by atoms with Gasteiger partial charge in [-0.2, -0.15) is 23.5 Å². The zero-order valence-electron chi connectivity index (χ0n) is 6.38. The first kappa shape index (κ1) is 8.75. The predicted molar refractivity (Wildman–Crippen MR) is 51.8 cm³/mol. The third kappa shape index (κ3) is 2.07. The molecule has 0 aromatic heterocycles. The minimum Gasteiger partial charge on any atom is -0.330 e. The van der Waals surface area contributed by atoms with Crippen LogP contribution in [0.15, 0.2) is 0 Å². The molecular weight excluding hydrogens is 162 g/mol. The van der Waals surface area contributed by atoms with Gasteiger partial charge >= 0.3 is 0 Å². The van der Waals surface area contributed by atoms with Gasteiger partial charge in [-0.1, -0.05) is 0 Å². The van der Waals surface area contributed by atoms with Crippen LogP contribution >= 0.6 is 23.5 Å². The van der Waals surface area contributed by atoms with E-state index in [2.05, 4.69) is 18.0 Å². The first-order valence-corrected chi connectivity index (χ1v) is 6.06. The third-order valence-electron chi connectivity index (χ3n) is 1.90. The van der Waals surface area contributed by atoms with Gasteiger partial charge in [0, 0.05) is 22.8 Å². The molecule has 0 radical (unpaired) electrons. The summed E-state index contributed by atoms with van der Waals surface area (Å²) in [5.41, 5.74) is 5.41. The Morgan fingerprint density at radius 2 is 2.10 bits per heavy atom. The van der Waals surface area contributed by atoms with Crippen molar-refractivity contribution in [3.8, 4) is 0 Å². The van der Waals surface area contributed by atoms with Crippen molar-refractivity contribution in [2.75, 3.05) is 18.6 Å². The van der Waals surface area contributed by atoms with Crippen LogP contribution < -0.4 is 5.73 Å². The Morgan fingerprint density at radius 1 is 1.40 bits per heavy atom. The maximum Gasteiger partial charge on any atom is 0.0167 e. The maximum atomic E-state index is 5.41. The molecule has 2 atom stereocenters. The molecule has 0 saturated heterocycles. The lowest BCUT2D eigenvalue weighted by Gasteiger charge is -2.34. The molecule has 0 spiro atoms. The van der Waals surface area contributed by atoms with E-state index in [-0.39, 0.29) is 0 Å². The lowest BCUT2D eigenvalue weighted by atomic mass is 9.99. The fourth-order valence-electron chi connectivity index (χ4n) is 1.12. The topological polar surface area (TPSA) is 26.0 Å². The predicted octanol–water partition coefficient (Wildman–Crippen LogP) is 1.57. The summed E-state index contributed by atoms with van der Waals surface area (Å²) in [7, 11) is 0. The highest BCUT2D eigenvalue weighted by Gasteiger charge is 2.29. The van der Waals surface area contributed by atoms with Gasteiger partial charge < -0.3 is 5.73 Å². The molecule has 1 nitrogen and oxygen atoms in total. The van der Waals surface area contributed by atoms with Gasteiger partial charge in [-0.25, -0.2) is 0 Å². The van der Waals surface area contributed by atoms with Gasteiger partial charge in [0.2, 0.25) is 0 Å². The summed E-state index contributed by atoms with van der Waals surface area (Å²) in [5.74, 6) is 1.14. The molecule has 1 aliphatic carbocycles. The molecule has 2 unspecified atom stereocenters.